The van der Waals surface area contributed by atoms with Gasteiger partial charge in [0.25, 0.3) is 0 Å². The highest BCUT2D eigenvalue weighted by molar-refractivity contribution is 6.31. The maximum absolute atomic E-state index is 10.9. The number of nitriles is 2. The van der Waals surface area contributed by atoms with Gasteiger partial charge in [0.1, 0.15) is 6.07 Å². The maximum atomic E-state index is 10.9. The van der Waals surface area contributed by atoms with E-state index in [-0.39, 0.29) is 0 Å². The standard InChI is InChI=1S/C102H62N4/c103-63-65-25-20-39-77(59-65)105(75-37-14-5-15-38-75)78-40-21-35-72(60-78)80-55-58-90-98-82(80)45-24-47-88(98)100-96(70-32-12-4-13-33-70)91-62-71(51-54-86(91)95(102(90)100)69-30-10-3-11-31-69)66-49-52-76(53-50-66)106(92-48-19-16-34-74(92)64-104)79-41-22-36-73(61-79)81-56-57-89-97-83(81)44-23-46-87(97)99-93(67-26-6-1-7-27-67)84-42-17-18-43-85(84)94(101(89)99)68-28-8-2-9-29-68/h1-62H. The van der Waals surface area contributed by atoms with Crippen molar-refractivity contribution in [2.45, 2.75) is 0 Å². The molecule has 0 bridgehead atoms. The van der Waals surface area contributed by atoms with Crippen LogP contribution >= 0.6 is 0 Å². The molecule has 0 radical (unpaired) electrons. The lowest BCUT2D eigenvalue weighted by molar-refractivity contribution is 1.27. The number of fused-ring (bicyclic) bond motifs is 8. The Morgan fingerprint density at radius 3 is 1.05 bits per heavy atom. The molecule has 0 spiro atoms. The van der Waals surface area contributed by atoms with Crippen LogP contribution in [-0.2, 0) is 0 Å². The summed E-state index contributed by atoms with van der Waals surface area (Å²) in [4.78, 5) is 4.47. The number of para-hydroxylation sites is 2. The second kappa shape index (κ2) is 25.3. The number of hydrogen-bond donors (Lipinski definition) is 0. The van der Waals surface area contributed by atoms with Crippen molar-refractivity contribution in [1.82, 2.24) is 0 Å². The predicted octanol–water partition coefficient (Wildman–Crippen LogP) is 27.9. The van der Waals surface area contributed by atoms with Gasteiger partial charge in [0.15, 0.2) is 0 Å². The van der Waals surface area contributed by atoms with Gasteiger partial charge in [-0.05, 0) is 250 Å². The topological polar surface area (TPSA) is 54.1 Å². The molecule has 20 rings (SSSR count). The fourth-order valence-corrected chi connectivity index (χ4v) is 17.3. The summed E-state index contributed by atoms with van der Waals surface area (Å²) in [6.45, 7) is 0. The van der Waals surface area contributed by atoms with Crippen molar-refractivity contribution in [3.05, 3.63) is 387 Å². The van der Waals surface area contributed by atoms with Crippen LogP contribution in [-0.4, -0.2) is 0 Å². The Morgan fingerprint density at radius 1 is 0.189 bits per heavy atom. The van der Waals surface area contributed by atoms with Gasteiger partial charge in [-0.3, -0.25) is 0 Å². The predicted molar refractivity (Wildman–Crippen MR) is 442 cm³/mol. The second-order valence-electron chi connectivity index (χ2n) is 27.5. The lowest BCUT2D eigenvalue weighted by Gasteiger charge is -2.27. The van der Waals surface area contributed by atoms with Gasteiger partial charge in [-0.1, -0.05) is 291 Å². The van der Waals surface area contributed by atoms with E-state index in [0.29, 0.717) is 11.1 Å². The first kappa shape index (κ1) is 61.4. The molecule has 2 aliphatic carbocycles. The lowest BCUT2D eigenvalue weighted by atomic mass is 9.82. The van der Waals surface area contributed by atoms with Crippen LogP contribution in [0.1, 0.15) is 11.1 Å². The molecule has 0 aromatic heterocycles. The highest BCUT2D eigenvalue weighted by Gasteiger charge is 2.34. The molecule has 0 amide bonds. The van der Waals surface area contributed by atoms with E-state index in [0.717, 1.165) is 78.6 Å². The van der Waals surface area contributed by atoms with E-state index < -0.39 is 0 Å². The molecular formula is C102H62N4. The molecular weight excluding hydrogens is 1280 g/mol. The van der Waals surface area contributed by atoms with E-state index in [1.165, 1.54) is 121 Å². The molecule has 0 saturated heterocycles. The first-order chi connectivity index (χ1) is 52.5. The summed E-state index contributed by atoms with van der Waals surface area (Å²) in [5.74, 6) is 0. The zero-order valence-electron chi connectivity index (χ0n) is 57.6. The van der Waals surface area contributed by atoms with Crippen molar-refractivity contribution in [3.63, 3.8) is 0 Å². The highest BCUT2D eigenvalue weighted by atomic mass is 15.1. The van der Waals surface area contributed by atoms with Crippen molar-refractivity contribution < 1.29 is 0 Å². The van der Waals surface area contributed by atoms with Gasteiger partial charge in [-0.15, -0.1) is 0 Å². The number of benzene rings is 18. The SMILES string of the molecule is N#Cc1cccc(N(c2ccccc2)c2cccc(-c3ccc4c5c(cccc35)-c3c-4c(-c4ccccc4)c4ccc(-c5ccc(N(c6cccc(-c7ccc8c9c(cccc79)-c7c-8c(-c8ccccc8)c8ccccc8c7-c7ccccc7)c6)c6ccccc6C#N)cc5)cc4c3-c3ccccc3)c2)c1. The van der Waals surface area contributed by atoms with Crippen LogP contribution in [0, 0.1) is 22.7 Å². The Morgan fingerprint density at radius 2 is 0.547 bits per heavy atom. The highest BCUT2D eigenvalue weighted by Crippen LogP contribution is 2.61. The number of rotatable bonds is 13. The van der Waals surface area contributed by atoms with Gasteiger partial charge in [-0.2, -0.15) is 10.5 Å². The average Bonchev–Trinajstić information content (AvgIpc) is 1.53. The first-order valence-corrected chi connectivity index (χ1v) is 36.1. The number of nitrogens with zero attached hydrogens (tertiary/aromatic N) is 4. The molecule has 0 saturated carbocycles. The Hall–Kier alpha value is -14.4. The van der Waals surface area contributed by atoms with Gasteiger partial charge in [-0.25, -0.2) is 0 Å². The molecule has 4 nitrogen and oxygen atoms in total. The van der Waals surface area contributed by atoms with Gasteiger partial charge in [0, 0.05) is 28.4 Å². The second-order valence-corrected chi connectivity index (χ2v) is 27.5. The van der Waals surface area contributed by atoms with Crippen molar-refractivity contribution in [2.24, 2.45) is 0 Å². The van der Waals surface area contributed by atoms with E-state index in [1.54, 1.807) is 0 Å². The van der Waals surface area contributed by atoms with Crippen LogP contribution in [0.25, 0.3) is 165 Å². The number of anilines is 6. The minimum Gasteiger partial charge on any atom is -0.310 e. The fraction of sp³-hybridized carbons (Fsp3) is 0. The molecule has 0 heterocycles. The summed E-state index contributed by atoms with van der Waals surface area (Å²) in [5, 5.41) is 30.6. The molecule has 0 unspecified atom stereocenters. The molecule has 0 aliphatic heterocycles. The van der Waals surface area contributed by atoms with Crippen LogP contribution < -0.4 is 9.80 Å². The van der Waals surface area contributed by atoms with Crippen molar-refractivity contribution in [2.75, 3.05) is 9.80 Å². The van der Waals surface area contributed by atoms with Crippen molar-refractivity contribution >= 4 is 77.2 Å². The molecule has 2 aliphatic rings. The molecule has 106 heavy (non-hydrogen) atoms. The summed E-state index contributed by atoms with van der Waals surface area (Å²) in [6, 6.07) is 140. The van der Waals surface area contributed by atoms with Crippen molar-refractivity contribution in [3.8, 4) is 135 Å². The van der Waals surface area contributed by atoms with Crippen LogP contribution in [0.3, 0.4) is 0 Å². The van der Waals surface area contributed by atoms with Crippen LogP contribution in [0.15, 0.2) is 376 Å². The van der Waals surface area contributed by atoms with E-state index >= 15 is 0 Å². The smallest absolute Gasteiger partial charge is 0.101 e. The largest absolute Gasteiger partial charge is 0.310 e. The van der Waals surface area contributed by atoms with Crippen molar-refractivity contribution in [1.29, 1.82) is 10.5 Å². The lowest BCUT2D eigenvalue weighted by Crippen LogP contribution is -2.11. The normalized spacial score (nSPS) is 11.6. The zero-order valence-corrected chi connectivity index (χ0v) is 57.6. The zero-order chi connectivity index (χ0) is 70.3. The third-order valence-electron chi connectivity index (χ3n) is 21.7. The molecule has 0 atom stereocenters. The van der Waals surface area contributed by atoms with Gasteiger partial charge in [0.2, 0.25) is 0 Å². The van der Waals surface area contributed by atoms with Gasteiger partial charge < -0.3 is 9.80 Å². The Kier molecular flexibility index (Phi) is 14.7. The average molecular weight is 1340 g/mol. The monoisotopic (exact) mass is 1340 g/mol. The van der Waals surface area contributed by atoms with Gasteiger partial charge in [0.05, 0.1) is 22.9 Å². The third kappa shape index (κ3) is 9.89. The Labute approximate surface area is 615 Å². The van der Waals surface area contributed by atoms with E-state index in [2.05, 4.69) is 356 Å². The summed E-state index contributed by atoms with van der Waals surface area (Å²) in [6.07, 6.45) is 0. The molecule has 0 fully saturated rings. The fourth-order valence-electron chi connectivity index (χ4n) is 17.3. The summed E-state index contributed by atoms with van der Waals surface area (Å²) in [5.41, 5.74) is 32.9. The molecule has 4 heteroatoms. The third-order valence-corrected chi connectivity index (χ3v) is 21.7. The summed E-state index contributed by atoms with van der Waals surface area (Å²) in [7, 11) is 0. The van der Waals surface area contributed by atoms with Crippen LogP contribution in [0.2, 0.25) is 0 Å². The van der Waals surface area contributed by atoms with E-state index in [1.807, 2.05) is 42.5 Å². The maximum Gasteiger partial charge on any atom is 0.101 e. The molecule has 18 aromatic carbocycles. The minimum atomic E-state index is 0.578. The van der Waals surface area contributed by atoms with Gasteiger partial charge >= 0.3 is 0 Å². The quantitative estimate of drug-likeness (QED) is 0.115. The Balaban J connectivity index is 0.716. The van der Waals surface area contributed by atoms with Crippen LogP contribution in [0.4, 0.5) is 34.1 Å². The summed E-state index contributed by atoms with van der Waals surface area (Å²) >= 11 is 0. The molecule has 0 N–H and O–H groups in total. The first-order valence-electron chi connectivity index (χ1n) is 36.1. The minimum absolute atomic E-state index is 0.578. The van der Waals surface area contributed by atoms with E-state index in [4.69, 9.17) is 0 Å². The molecule has 490 valence electrons. The Bertz CT molecular complexity index is 6600. The molecule has 18 aromatic rings. The van der Waals surface area contributed by atoms with Crippen LogP contribution in [0.5, 0.6) is 0 Å². The van der Waals surface area contributed by atoms with E-state index in [9.17, 15) is 10.5 Å². The number of hydrogen-bond acceptors (Lipinski definition) is 4. The summed E-state index contributed by atoms with van der Waals surface area (Å²) < 4.78 is 0.